The molecule has 0 atom stereocenters. The number of ether oxygens (including phenoxy) is 1. The van der Waals surface area contributed by atoms with E-state index in [4.69, 9.17) is 4.74 Å². The molecule has 0 amide bonds. The van der Waals surface area contributed by atoms with E-state index in [0.29, 0.717) is 0 Å². The smallest absolute Gasteiger partial charge is 0.165 e. The Labute approximate surface area is 128 Å². The topological polar surface area (TPSA) is 60.5 Å². The molecule has 1 aliphatic heterocycles. The quantitative estimate of drug-likeness (QED) is 0.717. The summed E-state index contributed by atoms with van der Waals surface area (Å²) in [5.74, 6) is 0.918. The summed E-state index contributed by atoms with van der Waals surface area (Å²) in [6.45, 7) is 5.56. The summed E-state index contributed by atoms with van der Waals surface area (Å²) in [5.41, 5.74) is 1.80. The lowest BCUT2D eigenvalue weighted by Gasteiger charge is -2.26. The molecule has 1 saturated heterocycles. The lowest BCUT2D eigenvalue weighted by atomic mass is 10.3. The van der Waals surface area contributed by atoms with Gasteiger partial charge in [0.25, 0.3) is 0 Å². The van der Waals surface area contributed by atoms with Crippen LogP contribution < -0.4 is 0 Å². The predicted octanol–water partition coefficient (Wildman–Crippen LogP) is 0.925. The van der Waals surface area contributed by atoms with Crippen molar-refractivity contribution in [3.8, 4) is 11.4 Å². The first-order valence-electron chi connectivity index (χ1n) is 7.52. The van der Waals surface area contributed by atoms with Crippen LogP contribution in [0.1, 0.15) is 0 Å². The molecule has 0 aliphatic carbocycles. The van der Waals surface area contributed by atoms with Gasteiger partial charge in [0.15, 0.2) is 5.65 Å². The summed E-state index contributed by atoms with van der Waals surface area (Å²) < 4.78 is 9.33. The second-order valence-electron chi connectivity index (χ2n) is 5.34. The third-order valence-electron chi connectivity index (χ3n) is 4.00. The van der Waals surface area contributed by atoms with E-state index in [1.54, 1.807) is 10.7 Å². The Kier molecular flexibility index (Phi) is 3.57. The number of rotatable bonds is 4. The van der Waals surface area contributed by atoms with Crippen molar-refractivity contribution in [3.05, 3.63) is 37.1 Å². The zero-order valence-electron chi connectivity index (χ0n) is 12.3. The van der Waals surface area contributed by atoms with Crippen LogP contribution in [-0.2, 0) is 11.3 Å². The van der Waals surface area contributed by atoms with Gasteiger partial charge in [0.2, 0.25) is 0 Å². The van der Waals surface area contributed by atoms with E-state index in [2.05, 4.69) is 24.5 Å². The van der Waals surface area contributed by atoms with Crippen molar-refractivity contribution >= 4 is 5.65 Å². The Morgan fingerprint density at radius 1 is 1.05 bits per heavy atom. The minimum absolute atomic E-state index is 0.828. The molecule has 0 saturated carbocycles. The molecule has 0 radical (unpaired) electrons. The number of morpholine rings is 1. The number of hydrogen-bond acceptors (Lipinski definition) is 5. The van der Waals surface area contributed by atoms with E-state index in [1.165, 1.54) is 0 Å². The van der Waals surface area contributed by atoms with E-state index in [-0.39, 0.29) is 0 Å². The van der Waals surface area contributed by atoms with E-state index >= 15 is 0 Å². The molecule has 7 heteroatoms. The monoisotopic (exact) mass is 298 g/mol. The summed E-state index contributed by atoms with van der Waals surface area (Å²) in [6.07, 6.45) is 9.35. The van der Waals surface area contributed by atoms with Gasteiger partial charge in [-0.15, -0.1) is 0 Å². The maximum Gasteiger partial charge on any atom is 0.165 e. The molecule has 0 bridgehead atoms. The molecule has 1 fully saturated rings. The van der Waals surface area contributed by atoms with Crippen LogP contribution in [0.4, 0.5) is 0 Å². The van der Waals surface area contributed by atoms with Crippen molar-refractivity contribution in [1.29, 1.82) is 0 Å². The molecular weight excluding hydrogens is 280 g/mol. The summed E-state index contributed by atoms with van der Waals surface area (Å²) in [5, 5.41) is 4.34. The molecule has 0 unspecified atom stereocenters. The van der Waals surface area contributed by atoms with Crippen LogP contribution in [0.15, 0.2) is 37.1 Å². The van der Waals surface area contributed by atoms with Gasteiger partial charge in [-0.05, 0) is 6.07 Å². The molecule has 114 valence electrons. The molecule has 0 spiro atoms. The Morgan fingerprint density at radius 2 is 1.95 bits per heavy atom. The molecule has 4 rings (SSSR count). The highest BCUT2D eigenvalue weighted by Gasteiger charge is 2.14. The van der Waals surface area contributed by atoms with Gasteiger partial charge in [0.1, 0.15) is 5.82 Å². The number of aromatic nitrogens is 5. The van der Waals surface area contributed by atoms with Crippen molar-refractivity contribution in [1.82, 2.24) is 29.0 Å². The first-order chi connectivity index (χ1) is 10.9. The van der Waals surface area contributed by atoms with E-state index in [0.717, 1.165) is 56.4 Å². The Bertz CT molecular complexity index is 758. The fourth-order valence-corrected chi connectivity index (χ4v) is 2.79. The van der Waals surface area contributed by atoms with E-state index < -0.39 is 0 Å². The third kappa shape index (κ3) is 2.49. The van der Waals surface area contributed by atoms with Crippen LogP contribution >= 0.6 is 0 Å². The summed E-state index contributed by atoms with van der Waals surface area (Å²) in [6, 6.07) is 1.87. The minimum atomic E-state index is 0.828. The maximum absolute atomic E-state index is 5.39. The minimum Gasteiger partial charge on any atom is -0.379 e. The van der Waals surface area contributed by atoms with Crippen molar-refractivity contribution in [2.75, 3.05) is 32.8 Å². The lowest BCUT2D eigenvalue weighted by molar-refractivity contribution is 0.0364. The zero-order chi connectivity index (χ0) is 14.8. The number of hydrogen-bond donors (Lipinski definition) is 0. The van der Waals surface area contributed by atoms with E-state index in [1.807, 2.05) is 30.9 Å². The molecule has 4 heterocycles. The van der Waals surface area contributed by atoms with Crippen LogP contribution in [0.25, 0.3) is 17.0 Å². The molecular formula is C15H18N6O. The predicted molar refractivity (Wildman–Crippen MR) is 81.5 cm³/mol. The van der Waals surface area contributed by atoms with Gasteiger partial charge >= 0.3 is 0 Å². The van der Waals surface area contributed by atoms with Crippen LogP contribution in [0.2, 0.25) is 0 Å². The summed E-state index contributed by atoms with van der Waals surface area (Å²) in [4.78, 5) is 11.3. The second-order valence-corrected chi connectivity index (χ2v) is 5.34. The number of imidazole rings is 1. The van der Waals surface area contributed by atoms with Crippen LogP contribution in [-0.4, -0.2) is 61.9 Å². The van der Waals surface area contributed by atoms with Gasteiger partial charge in [-0.3, -0.25) is 4.90 Å². The second kappa shape index (κ2) is 5.86. The largest absolute Gasteiger partial charge is 0.379 e. The SMILES string of the molecule is c1cnc2c(-c3nccn3CCN3CCOCC3)cnn2c1. The zero-order valence-corrected chi connectivity index (χ0v) is 12.3. The van der Waals surface area contributed by atoms with Gasteiger partial charge in [0.05, 0.1) is 25.0 Å². The normalized spacial score (nSPS) is 16.4. The first-order valence-corrected chi connectivity index (χ1v) is 7.52. The maximum atomic E-state index is 5.39. The fraction of sp³-hybridized carbons (Fsp3) is 0.400. The molecule has 3 aromatic heterocycles. The summed E-state index contributed by atoms with van der Waals surface area (Å²) in [7, 11) is 0. The Hall–Kier alpha value is -2.25. The van der Waals surface area contributed by atoms with Crippen molar-refractivity contribution in [2.24, 2.45) is 0 Å². The number of nitrogens with zero attached hydrogens (tertiary/aromatic N) is 6. The van der Waals surface area contributed by atoms with Gasteiger partial charge in [0, 0.05) is 51.0 Å². The molecule has 7 nitrogen and oxygen atoms in total. The fourth-order valence-electron chi connectivity index (χ4n) is 2.79. The van der Waals surface area contributed by atoms with Gasteiger partial charge in [-0.2, -0.15) is 5.10 Å². The standard InChI is InChI=1S/C15H18N6O/c1-2-16-15-13(12-18-21(15)4-1)14-17-3-5-20(14)7-6-19-8-10-22-11-9-19/h1-5,12H,6-11H2. The summed E-state index contributed by atoms with van der Waals surface area (Å²) >= 11 is 0. The van der Waals surface area contributed by atoms with Crippen molar-refractivity contribution in [2.45, 2.75) is 6.54 Å². The first kappa shape index (κ1) is 13.4. The highest BCUT2D eigenvalue weighted by atomic mass is 16.5. The van der Waals surface area contributed by atoms with Crippen LogP contribution in [0.3, 0.4) is 0 Å². The van der Waals surface area contributed by atoms with Gasteiger partial charge in [-0.1, -0.05) is 0 Å². The molecule has 22 heavy (non-hydrogen) atoms. The Morgan fingerprint density at radius 3 is 2.86 bits per heavy atom. The van der Waals surface area contributed by atoms with Crippen LogP contribution in [0, 0.1) is 0 Å². The van der Waals surface area contributed by atoms with Crippen molar-refractivity contribution < 1.29 is 4.74 Å². The highest BCUT2D eigenvalue weighted by Crippen LogP contribution is 2.21. The van der Waals surface area contributed by atoms with E-state index in [9.17, 15) is 0 Å². The highest BCUT2D eigenvalue weighted by molar-refractivity contribution is 5.72. The lowest BCUT2D eigenvalue weighted by Crippen LogP contribution is -2.38. The number of fused-ring (bicyclic) bond motifs is 1. The Balaban J connectivity index is 1.57. The molecule has 1 aliphatic rings. The van der Waals surface area contributed by atoms with Crippen LogP contribution in [0.5, 0.6) is 0 Å². The molecule has 0 N–H and O–H groups in total. The average Bonchev–Trinajstić information content (AvgIpc) is 3.20. The van der Waals surface area contributed by atoms with Gasteiger partial charge in [-0.25, -0.2) is 14.5 Å². The molecule has 3 aromatic rings. The average molecular weight is 298 g/mol. The molecule has 0 aromatic carbocycles. The van der Waals surface area contributed by atoms with Gasteiger partial charge < -0.3 is 9.30 Å². The van der Waals surface area contributed by atoms with Crippen molar-refractivity contribution in [3.63, 3.8) is 0 Å². The third-order valence-corrected chi connectivity index (χ3v) is 4.00.